The molecule has 0 saturated heterocycles. The molecule has 0 radical (unpaired) electrons. The Morgan fingerprint density at radius 1 is 0.781 bits per heavy atom. The minimum absolute atomic E-state index is 0.614. The van der Waals surface area contributed by atoms with Gasteiger partial charge in [0.15, 0.2) is 11.5 Å². The highest BCUT2D eigenvalue weighted by Crippen LogP contribution is 2.30. The highest BCUT2D eigenvalue weighted by Gasteiger charge is 2.17. The number of fused-ring (bicyclic) bond motifs is 2. The van der Waals surface area contributed by atoms with E-state index in [1.54, 1.807) is 38.1 Å². The molecular weight excluding hydrogens is 404 g/mol. The predicted octanol–water partition coefficient (Wildman–Crippen LogP) is 4.03. The molecule has 0 fully saturated rings. The number of methoxy groups -OCH3 is 1. The number of nitrogens with zero attached hydrogens (tertiary/aromatic N) is 6. The summed E-state index contributed by atoms with van der Waals surface area (Å²) < 4.78 is 5.29. The summed E-state index contributed by atoms with van der Waals surface area (Å²) in [5, 5.41) is 7.52. The monoisotopic (exact) mass is 420 g/mol. The largest absolute Gasteiger partial charge is 0.495 e. The summed E-state index contributed by atoms with van der Waals surface area (Å²) in [6, 6.07) is 11.5. The molecule has 0 aromatic carbocycles. The molecule has 0 aliphatic rings. The van der Waals surface area contributed by atoms with E-state index in [-0.39, 0.29) is 0 Å². The first-order valence-electron chi connectivity index (χ1n) is 9.90. The lowest BCUT2D eigenvalue weighted by Crippen LogP contribution is -1.89. The van der Waals surface area contributed by atoms with Crippen molar-refractivity contribution in [2.45, 2.75) is 0 Å². The Bertz CT molecular complexity index is 1570. The van der Waals surface area contributed by atoms with Crippen molar-refractivity contribution in [1.82, 2.24) is 40.1 Å². The molecule has 0 amide bonds. The summed E-state index contributed by atoms with van der Waals surface area (Å²) in [5.41, 5.74) is 7.13. The lowest BCUT2D eigenvalue weighted by molar-refractivity contribution is 0.413. The number of hydrogen-bond acceptors (Lipinski definition) is 7. The van der Waals surface area contributed by atoms with Crippen molar-refractivity contribution >= 4 is 22.1 Å². The molecule has 9 nitrogen and oxygen atoms in total. The number of imidazole rings is 1. The first kappa shape index (κ1) is 18.1. The maximum absolute atomic E-state index is 5.29. The molecule has 0 aliphatic heterocycles. The van der Waals surface area contributed by atoms with Crippen LogP contribution in [0.3, 0.4) is 0 Å². The van der Waals surface area contributed by atoms with Crippen LogP contribution in [-0.2, 0) is 0 Å². The van der Waals surface area contributed by atoms with Crippen molar-refractivity contribution in [2.24, 2.45) is 0 Å². The van der Waals surface area contributed by atoms with Gasteiger partial charge < -0.3 is 9.72 Å². The number of pyridine rings is 4. The molecule has 32 heavy (non-hydrogen) atoms. The van der Waals surface area contributed by atoms with E-state index in [9.17, 15) is 0 Å². The summed E-state index contributed by atoms with van der Waals surface area (Å²) in [6.07, 6.45) is 8.65. The highest BCUT2D eigenvalue weighted by atomic mass is 16.5. The lowest BCUT2D eigenvalue weighted by atomic mass is 10.1. The van der Waals surface area contributed by atoms with Gasteiger partial charge in [-0.05, 0) is 36.4 Å². The number of aromatic nitrogens is 8. The molecular formula is C23H16N8O. The van der Waals surface area contributed by atoms with Gasteiger partial charge >= 0.3 is 0 Å². The Kier molecular flexibility index (Phi) is 4.10. The topological polar surface area (TPSA) is 118 Å². The van der Waals surface area contributed by atoms with Crippen LogP contribution in [-0.4, -0.2) is 47.2 Å². The van der Waals surface area contributed by atoms with Crippen LogP contribution in [0, 0.1) is 0 Å². The van der Waals surface area contributed by atoms with Gasteiger partial charge in [-0.2, -0.15) is 5.10 Å². The predicted molar refractivity (Wildman–Crippen MR) is 120 cm³/mol. The third kappa shape index (κ3) is 2.95. The molecule has 0 bridgehead atoms. The standard InChI is InChI=1S/C23H16N8O/c1-32-15-10-14(11-25-12-15)16-2-3-18-21(27-16)22(31-30-18)23-28-17-6-9-26-19(20(17)29-23)13-4-7-24-8-5-13/h2-12H,1H3,(H,28,29)(H,30,31). The van der Waals surface area contributed by atoms with Crippen LogP contribution in [0.1, 0.15) is 0 Å². The zero-order valence-corrected chi connectivity index (χ0v) is 16.9. The molecule has 6 heterocycles. The number of aromatic amines is 2. The third-order valence-electron chi connectivity index (χ3n) is 5.23. The van der Waals surface area contributed by atoms with Crippen molar-refractivity contribution in [3.8, 4) is 39.8 Å². The van der Waals surface area contributed by atoms with Crippen LogP contribution >= 0.6 is 0 Å². The first-order valence-corrected chi connectivity index (χ1v) is 9.90. The summed E-state index contributed by atoms with van der Waals surface area (Å²) in [4.78, 5) is 25.9. The number of hydrogen-bond donors (Lipinski definition) is 2. The molecule has 6 rings (SSSR count). The summed E-state index contributed by atoms with van der Waals surface area (Å²) >= 11 is 0. The van der Waals surface area contributed by atoms with E-state index >= 15 is 0 Å². The Balaban J connectivity index is 1.50. The van der Waals surface area contributed by atoms with Gasteiger partial charge in [0.05, 0.1) is 35.7 Å². The van der Waals surface area contributed by atoms with E-state index < -0.39 is 0 Å². The maximum Gasteiger partial charge on any atom is 0.161 e. The van der Waals surface area contributed by atoms with E-state index in [0.29, 0.717) is 22.8 Å². The summed E-state index contributed by atoms with van der Waals surface area (Å²) in [7, 11) is 1.61. The minimum atomic E-state index is 0.614. The molecule has 0 aliphatic carbocycles. The van der Waals surface area contributed by atoms with Gasteiger partial charge in [0.25, 0.3) is 0 Å². The van der Waals surface area contributed by atoms with Gasteiger partial charge in [0, 0.05) is 35.9 Å². The normalized spacial score (nSPS) is 11.3. The van der Waals surface area contributed by atoms with Gasteiger partial charge in [-0.3, -0.25) is 20.1 Å². The molecule has 0 unspecified atom stereocenters. The molecule has 0 atom stereocenters. The molecule has 2 N–H and O–H groups in total. The smallest absolute Gasteiger partial charge is 0.161 e. The fraction of sp³-hybridized carbons (Fsp3) is 0.0435. The van der Waals surface area contributed by atoms with E-state index in [1.807, 2.05) is 36.4 Å². The molecule has 0 saturated carbocycles. The van der Waals surface area contributed by atoms with Gasteiger partial charge in [-0.15, -0.1) is 0 Å². The minimum Gasteiger partial charge on any atom is -0.495 e. The van der Waals surface area contributed by atoms with Gasteiger partial charge in [-0.25, -0.2) is 9.97 Å². The van der Waals surface area contributed by atoms with Crippen molar-refractivity contribution in [3.05, 3.63) is 67.4 Å². The van der Waals surface area contributed by atoms with E-state index in [4.69, 9.17) is 14.7 Å². The Hall–Kier alpha value is -4.66. The average Bonchev–Trinajstić information content (AvgIpc) is 3.48. The maximum atomic E-state index is 5.29. The van der Waals surface area contributed by atoms with E-state index in [0.717, 1.165) is 39.1 Å². The molecule has 6 aromatic heterocycles. The average molecular weight is 420 g/mol. The fourth-order valence-corrected chi connectivity index (χ4v) is 3.66. The van der Waals surface area contributed by atoms with E-state index in [1.165, 1.54) is 0 Å². The molecule has 0 spiro atoms. The third-order valence-corrected chi connectivity index (χ3v) is 5.23. The van der Waals surface area contributed by atoms with Crippen LogP contribution in [0.15, 0.2) is 67.4 Å². The van der Waals surface area contributed by atoms with Gasteiger partial charge in [-0.1, -0.05) is 0 Å². The first-order chi connectivity index (χ1) is 15.8. The van der Waals surface area contributed by atoms with Crippen LogP contribution in [0.2, 0.25) is 0 Å². The molecule has 154 valence electrons. The van der Waals surface area contributed by atoms with Crippen LogP contribution in [0.5, 0.6) is 5.75 Å². The van der Waals surface area contributed by atoms with E-state index in [2.05, 4.69) is 30.1 Å². The van der Waals surface area contributed by atoms with Crippen LogP contribution in [0.4, 0.5) is 0 Å². The zero-order chi connectivity index (χ0) is 21.5. The second kappa shape index (κ2) is 7.24. The van der Waals surface area contributed by atoms with Gasteiger partial charge in [0.1, 0.15) is 16.8 Å². The van der Waals surface area contributed by atoms with Crippen molar-refractivity contribution in [3.63, 3.8) is 0 Å². The van der Waals surface area contributed by atoms with Crippen LogP contribution in [0.25, 0.3) is 56.1 Å². The zero-order valence-electron chi connectivity index (χ0n) is 16.9. The van der Waals surface area contributed by atoms with Gasteiger partial charge in [0.2, 0.25) is 0 Å². The number of ether oxygens (including phenoxy) is 1. The molecule has 9 heteroatoms. The van der Waals surface area contributed by atoms with Crippen LogP contribution < -0.4 is 4.74 Å². The Morgan fingerprint density at radius 2 is 1.66 bits per heavy atom. The molecule has 6 aromatic rings. The Labute approximate surface area is 181 Å². The summed E-state index contributed by atoms with van der Waals surface area (Å²) in [6.45, 7) is 0. The van der Waals surface area contributed by atoms with Crippen molar-refractivity contribution in [1.29, 1.82) is 0 Å². The lowest BCUT2D eigenvalue weighted by Gasteiger charge is -2.03. The number of H-pyrrole nitrogens is 2. The SMILES string of the molecule is COc1cncc(-c2ccc3[nH]nc(-c4nc5c(-c6ccncc6)nccc5[nH]4)c3n2)c1. The van der Waals surface area contributed by atoms with Crippen molar-refractivity contribution in [2.75, 3.05) is 7.11 Å². The quantitative estimate of drug-likeness (QED) is 0.442. The number of nitrogens with one attached hydrogen (secondary N) is 2. The summed E-state index contributed by atoms with van der Waals surface area (Å²) in [5.74, 6) is 1.29. The Morgan fingerprint density at radius 3 is 2.53 bits per heavy atom. The second-order valence-corrected chi connectivity index (χ2v) is 7.16. The van der Waals surface area contributed by atoms with Crippen molar-refractivity contribution < 1.29 is 4.74 Å². The second-order valence-electron chi connectivity index (χ2n) is 7.16. The fourth-order valence-electron chi connectivity index (χ4n) is 3.66. The number of rotatable bonds is 4. The highest BCUT2D eigenvalue weighted by molar-refractivity contribution is 5.95.